The van der Waals surface area contributed by atoms with Crippen molar-refractivity contribution in [1.29, 1.82) is 0 Å². The first-order valence-electron chi connectivity index (χ1n) is 10.2. The van der Waals surface area contributed by atoms with Gasteiger partial charge in [-0.2, -0.15) is 0 Å². The molecule has 164 valence electrons. The second-order valence-corrected chi connectivity index (χ2v) is 8.64. The van der Waals surface area contributed by atoms with Gasteiger partial charge < -0.3 is 9.67 Å². The number of hydrogen-bond donors (Lipinski definition) is 1. The van der Waals surface area contributed by atoms with Gasteiger partial charge in [0.1, 0.15) is 17.3 Å². The summed E-state index contributed by atoms with van der Waals surface area (Å²) in [7, 11) is 0. The monoisotopic (exact) mass is 461 g/mol. The standard InChI is InChI=1S/C26H17F2NO3S/c27-17-9-7-16(20(28)13-17)14-29-21-10-8-15(23-6-3-11-33-23)12-19(21)24(25(29)26(31)32)18-4-1-2-5-22(18)30/h1-4,6-13H,5,14H2,(H,31,32). The van der Waals surface area contributed by atoms with E-state index in [9.17, 15) is 23.5 Å². The zero-order valence-corrected chi connectivity index (χ0v) is 18.0. The van der Waals surface area contributed by atoms with E-state index in [0.29, 0.717) is 22.0 Å². The van der Waals surface area contributed by atoms with Crippen molar-refractivity contribution < 1.29 is 23.5 Å². The van der Waals surface area contributed by atoms with Crippen LogP contribution in [0, 0.1) is 11.6 Å². The molecule has 2 aromatic heterocycles. The van der Waals surface area contributed by atoms with Gasteiger partial charge in [0.15, 0.2) is 5.78 Å². The van der Waals surface area contributed by atoms with Crippen molar-refractivity contribution in [2.75, 3.05) is 0 Å². The highest BCUT2D eigenvalue weighted by Crippen LogP contribution is 2.38. The van der Waals surface area contributed by atoms with E-state index >= 15 is 0 Å². The number of rotatable bonds is 5. The third-order valence-corrected chi connectivity index (χ3v) is 6.61. The van der Waals surface area contributed by atoms with Crippen molar-refractivity contribution in [2.45, 2.75) is 13.0 Å². The second-order valence-electron chi connectivity index (χ2n) is 7.70. The molecule has 0 radical (unpaired) electrons. The lowest BCUT2D eigenvalue weighted by Crippen LogP contribution is -2.14. The number of aromatic nitrogens is 1. The molecular weight excluding hydrogens is 444 g/mol. The van der Waals surface area contributed by atoms with E-state index in [1.807, 2.05) is 29.6 Å². The Morgan fingerprint density at radius 1 is 1.12 bits per heavy atom. The number of carbonyl (C=O) groups excluding carboxylic acids is 1. The molecule has 0 fully saturated rings. The van der Waals surface area contributed by atoms with Gasteiger partial charge in [-0.15, -0.1) is 11.3 Å². The van der Waals surface area contributed by atoms with Gasteiger partial charge in [-0.1, -0.05) is 36.4 Å². The summed E-state index contributed by atoms with van der Waals surface area (Å²) in [5.41, 5.74) is 2.10. The first-order chi connectivity index (χ1) is 15.9. The van der Waals surface area contributed by atoms with Crippen molar-refractivity contribution in [3.8, 4) is 10.4 Å². The Morgan fingerprint density at radius 3 is 2.67 bits per heavy atom. The Hall–Kier alpha value is -3.84. The van der Waals surface area contributed by atoms with Crippen LogP contribution in [0.1, 0.15) is 28.0 Å². The molecule has 7 heteroatoms. The lowest BCUT2D eigenvalue weighted by molar-refractivity contribution is -0.113. The summed E-state index contributed by atoms with van der Waals surface area (Å²) in [6.45, 7) is -0.125. The Balaban J connectivity index is 1.81. The average Bonchev–Trinajstić information content (AvgIpc) is 3.43. The predicted octanol–water partition coefficient (Wildman–Crippen LogP) is 6.31. The molecule has 1 aliphatic carbocycles. The zero-order chi connectivity index (χ0) is 23.1. The number of fused-ring (bicyclic) bond motifs is 1. The molecule has 4 aromatic rings. The van der Waals surface area contributed by atoms with Crippen LogP contribution in [0.5, 0.6) is 0 Å². The number of allylic oxidation sites excluding steroid dienone is 4. The van der Waals surface area contributed by atoms with E-state index in [-0.39, 0.29) is 30.0 Å². The van der Waals surface area contributed by atoms with Gasteiger partial charge in [-0.3, -0.25) is 4.79 Å². The quantitative estimate of drug-likeness (QED) is 0.379. The van der Waals surface area contributed by atoms with Crippen LogP contribution in [0.3, 0.4) is 0 Å². The van der Waals surface area contributed by atoms with Crippen LogP contribution < -0.4 is 0 Å². The summed E-state index contributed by atoms with van der Waals surface area (Å²) in [5.74, 6) is -2.89. The summed E-state index contributed by atoms with van der Waals surface area (Å²) in [5, 5.41) is 12.7. The molecule has 0 amide bonds. The third kappa shape index (κ3) is 3.70. The van der Waals surface area contributed by atoms with Crippen LogP contribution in [0.25, 0.3) is 26.9 Å². The lowest BCUT2D eigenvalue weighted by Gasteiger charge is -2.12. The van der Waals surface area contributed by atoms with Gasteiger partial charge in [0.05, 0.1) is 6.54 Å². The molecule has 0 aliphatic heterocycles. The molecule has 5 rings (SSSR count). The van der Waals surface area contributed by atoms with Crippen molar-refractivity contribution in [2.24, 2.45) is 0 Å². The second kappa shape index (κ2) is 8.26. The highest BCUT2D eigenvalue weighted by molar-refractivity contribution is 7.13. The number of halogens is 2. The fraction of sp³-hybridized carbons (Fsp3) is 0.0769. The van der Waals surface area contributed by atoms with Gasteiger partial charge in [-0.05, 0) is 35.2 Å². The van der Waals surface area contributed by atoms with Crippen LogP contribution in [0.2, 0.25) is 0 Å². The summed E-state index contributed by atoms with van der Waals surface area (Å²) in [6.07, 6.45) is 5.24. The molecule has 0 atom stereocenters. The number of carboxylic acids is 1. The van der Waals surface area contributed by atoms with Crippen LogP contribution in [0.15, 0.2) is 72.1 Å². The van der Waals surface area contributed by atoms with Crippen LogP contribution >= 0.6 is 11.3 Å². The van der Waals surface area contributed by atoms with Gasteiger partial charge in [0, 0.05) is 45.0 Å². The summed E-state index contributed by atoms with van der Waals surface area (Å²) in [4.78, 5) is 26.2. The molecule has 0 bridgehead atoms. The van der Waals surface area contributed by atoms with Crippen molar-refractivity contribution in [1.82, 2.24) is 4.57 Å². The van der Waals surface area contributed by atoms with E-state index in [2.05, 4.69) is 0 Å². The number of nitrogens with zero attached hydrogens (tertiary/aromatic N) is 1. The van der Waals surface area contributed by atoms with Crippen LogP contribution in [-0.2, 0) is 11.3 Å². The highest BCUT2D eigenvalue weighted by Gasteiger charge is 2.28. The minimum atomic E-state index is -1.23. The minimum Gasteiger partial charge on any atom is -0.477 e. The fourth-order valence-corrected chi connectivity index (χ4v) is 4.92. The maximum Gasteiger partial charge on any atom is 0.353 e. The largest absolute Gasteiger partial charge is 0.477 e. The number of carbonyl (C=O) groups is 2. The SMILES string of the molecule is O=C1CC=CC=C1c1c(C(=O)O)n(Cc2ccc(F)cc2F)c2ccc(-c3cccs3)cc12. The average molecular weight is 461 g/mol. The maximum atomic E-state index is 14.5. The Labute approximate surface area is 191 Å². The van der Waals surface area contributed by atoms with E-state index in [1.165, 1.54) is 10.6 Å². The Morgan fingerprint density at radius 2 is 1.97 bits per heavy atom. The molecule has 4 nitrogen and oxygen atoms in total. The Bertz CT molecular complexity index is 1480. The first-order valence-corrected chi connectivity index (χ1v) is 11.1. The minimum absolute atomic E-state index is 0.105. The summed E-state index contributed by atoms with van der Waals surface area (Å²) >= 11 is 1.55. The number of ketones is 1. The molecule has 0 saturated heterocycles. The molecule has 0 spiro atoms. The van der Waals surface area contributed by atoms with Gasteiger partial charge in [0.2, 0.25) is 0 Å². The van der Waals surface area contributed by atoms with Crippen LogP contribution in [-0.4, -0.2) is 21.4 Å². The molecule has 2 heterocycles. The number of thiophene rings is 1. The zero-order valence-electron chi connectivity index (χ0n) is 17.2. The van der Waals surface area contributed by atoms with Crippen molar-refractivity contribution in [3.63, 3.8) is 0 Å². The third-order valence-electron chi connectivity index (χ3n) is 5.69. The van der Waals surface area contributed by atoms with E-state index in [4.69, 9.17) is 0 Å². The first kappa shape index (κ1) is 21.0. The lowest BCUT2D eigenvalue weighted by atomic mass is 9.93. The normalized spacial score (nSPS) is 13.5. The number of benzene rings is 2. The predicted molar refractivity (Wildman–Crippen MR) is 124 cm³/mol. The van der Waals surface area contributed by atoms with E-state index in [1.54, 1.807) is 35.6 Å². The summed E-state index contributed by atoms with van der Waals surface area (Å²) in [6, 6.07) is 12.6. The van der Waals surface area contributed by atoms with Gasteiger partial charge >= 0.3 is 5.97 Å². The fourth-order valence-electron chi connectivity index (χ4n) is 4.20. The van der Waals surface area contributed by atoms with E-state index < -0.39 is 17.6 Å². The van der Waals surface area contributed by atoms with Crippen LogP contribution in [0.4, 0.5) is 8.78 Å². The van der Waals surface area contributed by atoms with Crippen molar-refractivity contribution in [3.05, 3.63) is 101 Å². The number of carboxylic acid groups (broad SMARTS) is 1. The topological polar surface area (TPSA) is 59.3 Å². The molecular formula is C26H17F2NO3S. The molecule has 33 heavy (non-hydrogen) atoms. The molecule has 0 saturated carbocycles. The summed E-state index contributed by atoms with van der Waals surface area (Å²) < 4.78 is 29.4. The molecule has 2 aromatic carbocycles. The smallest absolute Gasteiger partial charge is 0.353 e. The number of aromatic carboxylic acids is 1. The van der Waals surface area contributed by atoms with Gasteiger partial charge in [0.25, 0.3) is 0 Å². The maximum absolute atomic E-state index is 14.5. The molecule has 1 aliphatic rings. The van der Waals surface area contributed by atoms with E-state index in [0.717, 1.165) is 22.6 Å². The number of hydrogen-bond acceptors (Lipinski definition) is 3. The highest BCUT2D eigenvalue weighted by atomic mass is 32.1. The van der Waals surface area contributed by atoms with Gasteiger partial charge in [-0.25, -0.2) is 13.6 Å². The Kier molecular flexibility index (Phi) is 5.26. The molecule has 0 unspecified atom stereocenters. The molecule has 1 N–H and O–H groups in total. The number of Topliss-reactive ketones (excluding diaryl/α,β-unsaturated/α-hetero) is 1. The van der Waals surface area contributed by atoms with Crippen molar-refractivity contribution >= 4 is 39.6 Å².